The van der Waals surface area contributed by atoms with E-state index in [0.29, 0.717) is 28.5 Å². The van der Waals surface area contributed by atoms with Gasteiger partial charge in [-0.1, -0.05) is 48.5 Å². The van der Waals surface area contributed by atoms with Gasteiger partial charge in [0, 0.05) is 12.5 Å². The Hall–Kier alpha value is -3.72. The fourth-order valence-electron chi connectivity index (χ4n) is 4.54. The van der Waals surface area contributed by atoms with Crippen LogP contribution in [0.2, 0.25) is 0 Å². The number of benzene rings is 2. The van der Waals surface area contributed by atoms with Gasteiger partial charge in [0.2, 0.25) is 0 Å². The van der Waals surface area contributed by atoms with E-state index in [1.54, 1.807) is 6.92 Å². The number of fused-ring (bicyclic) bond motifs is 3. The van der Waals surface area contributed by atoms with Gasteiger partial charge in [-0.05, 0) is 35.6 Å². The Morgan fingerprint density at radius 1 is 1.12 bits per heavy atom. The minimum atomic E-state index is -1.00. The maximum absolute atomic E-state index is 12.7. The molecule has 3 aromatic rings. The Bertz CT molecular complexity index is 1240. The smallest absolute Gasteiger partial charge is 0.407 e. The summed E-state index contributed by atoms with van der Waals surface area (Å²) >= 11 is 1.16. The lowest BCUT2D eigenvalue weighted by atomic mass is 9.98. The van der Waals surface area contributed by atoms with Gasteiger partial charge < -0.3 is 20.1 Å². The number of nitrogens with zero attached hydrogens (tertiary/aromatic N) is 2. The molecule has 1 fully saturated rings. The van der Waals surface area contributed by atoms with Crippen LogP contribution in [0.1, 0.15) is 43.8 Å². The average molecular weight is 478 g/mol. The lowest BCUT2D eigenvalue weighted by molar-refractivity contribution is -0.146. The summed E-state index contributed by atoms with van der Waals surface area (Å²) in [5.41, 5.74) is 5.13. The number of aliphatic carboxylic acids is 1. The quantitative estimate of drug-likeness (QED) is 0.559. The van der Waals surface area contributed by atoms with Crippen molar-refractivity contribution in [2.24, 2.45) is 0 Å². The second-order valence-electron chi connectivity index (χ2n) is 8.34. The summed E-state index contributed by atoms with van der Waals surface area (Å²) in [4.78, 5) is 42.4. The topological polar surface area (TPSA) is 109 Å². The predicted octanol–water partition coefficient (Wildman–Crippen LogP) is 3.79. The molecule has 1 aromatic heterocycles. The van der Waals surface area contributed by atoms with E-state index in [4.69, 9.17) is 4.74 Å². The lowest BCUT2D eigenvalue weighted by Crippen LogP contribution is -2.55. The third kappa shape index (κ3) is 3.92. The number of carboxylic acids is 1. The van der Waals surface area contributed by atoms with Crippen LogP contribution in [0.3, 0.4) is 0 Å². The maximum atomic E-state index is 12.7. The van der Waals surface area contributed by atoms with Gasteiger partial charge in [-0.25, -0.2) is 14.6 Å². The summed E-state index contributed by atoms with van der Waals surface area (Å²) in [6.45, 7) is 2.46. The van der Waals surface area contributed by atoms with Crippen LogP contribution in [0, 0.1) is 6.92 Å². The van der Waals surface area contributed by atoms with Crippen molar-refractivity contribution < 1.29 is 24.2 Å². The Balaban J connectivity index is 1.19. The van der Waals surface area contributed by atoms with Gasteiger partial charge in [0.15, 0.2) is 0 Å². The normalized spacial score (nSPS) is 16.4. The Morgan fingerprint density at radius 3 is 2.35 bits per heavy atom. The van der Waals surface area contributed by atoms with Crippen LogP contribution in [0.25, 0.3) is 11.1 Å². The third-order valence-electron chi connectivity index (χ3n) is 6.33. The molecule has 9 heteroatoms. The van der Waals surface area contributed by atoms with Gasteiger partial charge in [0.25, 0.3) is 5.91 Å². The van der Waals surface area contributed by atoms with Crippen molar-refractivity contribution in [2.75, 3.05) is 13.2 Å². The Labute approximate surface area is 200 Å². The molecule has 1 atom stereocenters. The molecule has 8 nitrogen and oxygen atoms in total. The molecule has 1 aliphatic carbocycles. The van der Waals surface area contributed by atoms with E-state index in [1.165, 1.54) is 4.90 Å². The van der Waals surface area contributed by atoms with Crippen molar-refractivity contribution in [3.63, 3.8) is 0 Å². The number of aromatic nitrogens is 1. The number of rotatable bonds is 6. The van der Waals surface area contributed by atoms with E-state index in [0.717, 1.165) is 33.6 Å². The first-order valence-electron chi connectivity index (χ1n) is 11.0. The Morgan fingerprint density at radius 2 is 1.76 bits per heavy atom. The SMILES string of the molecule is Cc1nc(CNC(=O)OCC2c3ccccc3-c3ccccc32)sc1C(=O)N1CCC1C(=O)O. The molecular weight excluding hydrogens is 454 g/mol. The maximum Gasteiger partial charge on any atom is 0.407 e. The zero-order valence-electron chi connectivity index (χ0n) is 18.5. The summed E-state index contributed by atoms with van der Waals surface area (Å²) in [6, 6.07) is 15.5. The summed E-state index contributed by atoms with van der Waals surface area (Å²) in [6.07, 6.45) is -0.106. The number of hydrogen-bond donors (Lipinski definition) is 2. The second kappa shape index (κ2) is 8.90. The molecule has 34 heavy (non-hydrogen) atoms. The number of ether oxygens (including phenoxy) is 1. The molecule has 0 bridgehead atoms. The molecule has 2 aliphatic rings. The average Bonchev–Trinajstić information content (AvgIpc) is 3.33. The summed E-state index contributed by atoms with van der Waals surface area (Å²) in [7, 11) is 0. The first kappa shape index (κ1) is 22.1. The monoisotopic (exact) mass is 477 g/mol. The zero-order chi connectivity index (χ0) is 23.8. The van der Waals surface area contributed by atoms with E-state index in [2.05, 4.69) is 34.6 Å². The van der Waals surface area contributed by atoms with E-state index in [9.17, 15) is 19.5 Å². The van der Waals surface area contributed by atoms with Crippen LogP contribution in [0.4, 0.5) is 4.79 Å². The van der Waals surface area contributed by atoms with Gasteiger partial charge in [-0.2, -0.15) is 0 Å². The van der Waals surface area contributed by atoms with Crippen molar-refractivity contribution in [3.05, 3.63) is 75.2 Å². The molecule has 1 aliphatic heterocycles. The van der Waals surface area contributed by atoms with Crippen molar-refractivity contribution in [2.45, 2.75) is 31.8 Å². The molecule has 1 saturated heterocycles. The largest absolute Gasteiger partial charge is 0.480 e. The minimum Gasteiger partial charge on any atom is -0.480 e. The number of amides is 2. The third-order valence-corrected chi connectivity index (χ3v) is 7.47. The molecule has 174 valence electrons. The van der Waals surface area contributed by atoms with Crippen molar-refractivity contribution >= 4 is 29.3 Å². The molecule has 1 unspecified atom stereocenters. The van der Waals surface area contributed by atoms with Gasteiger partial charge in [-0.15, -0.1) is 11.3 Å². The van der Waals surface area contributed by atoms with Crippen LogP contribution < -0.4 is 5.32 Å². The highest BCUT2D eigenvalue weighted by Gasteiger charge is 2.39. The van der Waals surface area contributed by atoms with Crippen LogP contribution in [0.15, 0.2) is 48.5 Å². The molecule has 0 saturated carbocycles. The van der Waals surface area contributed by atoms with Crippen LogP contribution in [0.5, 0.6) is 0 Å². The fraction of sp³-hybridized carbons (Fsp3) is 0.280. The highest BCUT2D eigenvalue weighted by molar-refractivity contribution is 7.13. The van der Waals surface area contributed by atoms with Gasteiger partial charge in [-0.3, -0.25) is 4.79 Å². The fourth-order valence-corrected chi connectivity index (χ4v) is 5.50. The van der Waals surface area contributed by atoms with Crippen molar-refractivity contribution in [1.82, 2.24) is 15.2 Å². The van der Waals surface area contributed by atoms with Crippen molar-refractivity contribution in [1.29, 1.82) is 0 Å². The van der Waals surface area contributed by atoms with Gasteiger partial charge in [0.05, 0.1) is 12.2 Å². The number of aryl methyl sites for hydroxylation is 1. The number of nitrogens with one attached hydrogen (secondary N) is 1. The van der Waals surface area contributed by atoms with E-state index >= 15 is 0 Å². The summed E-state index contributed by atoms with van der Waals surface area (Å²) in [5.74, 6) is -1.36. The first-order valence-corrected chi connectivity index (χ1v) is 11.8. The summed E-state index contributed by atoms with van der Waals surface area (Å²) in [5, 5.41) is 12.4. The Kier molecular flexibility index (Phi) is 5.79. The number of carboxylic acid groups (broad SMARTS) is 1. The minimum absolute atomic E-state index is 0.0248. The van der Waals surface area contributed by atoms with Crippen LogP contribution in [-0.2, 0) is 16.1 Å². The van der Waals surface area contributed by atoms with Crippen molar-refractivity contribution in [3.8, 4) is 11.1 Å². The predicted molar refractivity (Wildman–Crippen MR) is 126 cm³/mol. The van der Waals surface area contributed by atoms with E-state index < -0.39 is 18.1 Å². The van der Waals surface area contributed by atoms with Gasteiger partial charge >= 0.3 is 12.1 Å². The number of thiazole rings is 1. The molecule has 2 aromatic carbocycles. The zero-order valence-corrected chi connectivity index (χ0v) is 19.3. The highest BCUT2D eigenvalue weighted by atomic mass is 32.1. The lowest BCUT2D eigenvalue weighted by Gasteiger charge is -2.37. The van der Waals surface area contributed by atoms with Crippen LogP contribution >= 0.6 is 11.3 Å². The molecule has 2 N–H and O–H groups in total. The standard InChI is InChI=1S/C25H23N3O5S/c1-14-22(23(29)28-11-10-20(28)24(30)31)34-21(27-14)12-26-25(32)33-13-19-17-8-4-2-6-15(17)16-7-3-5-9-18(16)19/h2-9,19-20H,10-13H2,1H3,(H,26,32)(H,30,31). The second-order valence-corrected chi connectivity index (χ2v) is 9.43. The molecule has 2 amide bonds. The molecule has 0 radical (unpaired) electrons. The van der Waals surface area contributed by atoms with Gasteiger partial charge in [0.1, 0.15) is 22.5 Å². The summed E-state index contributed by atoms with van der Waals surface area (Å²) < 4.78 is 5.54. The van der Waals surface area contributed by atoms with E-state index in [-0.39, 0.29) is 25.0 Å². The molecule has 0 spiro atoms. The van der Waals surface area contributed by atoms with Crippen LogP contribution in [-0.4, -0.2) is 52.2 Å². The number of likely N-dealkylation sites (tertiary alicyclic amines) is 1. The first-order chi connectivity index (χ1) is 16.4. The number of carbonyl (C=O) groups excluding carboxylic acids is 2. The molecule has 5 rings (SSSR count). The number of alkyl carbamates (subject to hydrolysis) is 1. The van der Waals surface area contributed by atoms with E-state index in [1.807, 2.05) is 24.3 Å². The number of carbonyl (C=O) groups is 3. The molecule has 2 heterocycles. The highest BCUT2D eigenvalue weighted by Crippen LogP contribution is 2.44. The number of hydrogen-bond acceptors (Lipinski definition) is 6. The molecular formula is C25H23N3O5S.